The van der Waals surface area contributed by atoms with Crippen LogP contribution in [0.1, 0.15) is 30.7 Å². The molecule has 8 nitrogen and oxygen atoms in total. The lowest BCUT2D eigenvalue weighted by atomic mass is 9.89. The molecule has 0 aliphatic carbocycles. The van der Waals surface area contributed by atoms with E-state index in [4.69, 9.17) is 4.74 Å². The van der Waals surface area contributed by atoms with Crippen LogP contribution in [0.5, 0.6) is 5.75 Å². The van der Waals surface area contributed by atoms with E-state index in [0.717, 1.165) is 24.1 Å². The van der Waals surface area contributed by atoms with Crippen LogP contribution < -0.4 is 10.1 Å². The van der Waals surface area contributed by atoms with Crippen molar-refractivity contribution in [2.75, 3.05) is 32.1 Å². The minimum atomic E-state index is -0.421. The summed E-state index contributed by atoms with van der Waals surface area (Å²) in [6.45, 7) is 1.79. The molecule has 0 unspecified atom stereocenters. The van der Waals surface area contributed by atoms with Gasteiger partial charge in [0.2, 0.25) is 5.91 Å². The van der Waals surface area contributed by atoms with Crippen LogP contribution in [-0.2, 0) is 4.79 Å². The molecular formula is C23H26N4O4. The third kappa shape index (κ3) is 4.47. The van der Waals surface area contributed by atoms with Gasteiger partial charge in [0.05, 0.1) is 12.0 Å². The number of piperidine rings is 1. The van der Waals surface area contributed by atoms with Gasteiger partial charge in [-0.15, -0.1) is 0 Å². The second kappa shape index (κ2) is 9.07. The number of ether oxygens (including phenoxy) is 1. The molecule has 1 fully saturated rings. The smallest absolute Gasteiger partial charge is 0.292 e. The quantitative estimate of drug-likeness (QED) is 0.437. The number of carbonyl (C=O) groups excluding carboxylic acids is 1. The Morgan fingerprint density at radius 2 is 2.03 bits per heavy atom. The number of rotatable bonds is 7. The number of methoxy groups -OCH3 is 1. The Bertz CT molecular complexity index is 1090. The number of fused-ring (bicyclic) bond motifs is 1. The molecule has 0 atom stereocenters. The molecule has 31 heavy (non-hydrogen) atoms. The predicted octanol–water partition coefficient (Wildman–Crippen LogP) is 4.29. The van der Waals surface area contributed by atoms with Gasteiger partial charge in [0, 0.05) is 49.2 Å². The van der Waals surface area contributed by atoms with Gasteiger partial charge in [-0.3, -0.25) is 14.9 Å². The van der Waals surface area contributed by atoms with Crippen molar-refractivity contribution in [2.45, 2.75) is 25.2 Å². The number of nitrogens with zero attached hydrogens (tertiary/aromatic N) is 2. The highest BCUT2D eigenvalue weighted by atomic mass is 16.6. The molecule has 0 spiro atoms. The summed E-state index contributed by atoms with van der Waals surface area (Å²) in [5, 5.41) is 15.3. The van der Waals surface area contributed by atoms with E-state index in [0.29, 0.717) is 37.7 Å². The Morgan fingerprint density at radius 1 is 1.26 bits per heavy atom. The van der Waals surface area contributed by atoms with Crippen LogP contribution >= 0.6 is 0 Å². The molecule has 0 radical (unpaired) electrons. The lowest BCUT2D eigenvalue weighted by molar-refractivity contribution is -0.384. The van der Waals surface area contributed by atoms with Gasteiger partial charge in [-0.05, 0) is 48.6 Å². The summed E-state index contributed by atoms with van der Waals surface area (Å²) in [5.41, 5.74) is 2.83. The molecule has 3 aromatic rings. The molecule has 1 saturated heterocycles. The first-order valence-corrected chi connectivity index (χ1v) is 10.5. The average molecular weight is 422 g/mol. The standard InChI is InChI=1S/C23H26N4O4/c1-31-17-6-7-20-18(14-17)19(15-25-20)16-9-12-26(13-10-16)23(28)8-11-24-21-4-2-3-5-22(21)27(29)30/h2-7,14-16,24-25H,8-13H2,1H3. The van der Waals surface area contributed by atoms with E-state index in [9.17, 15) is 14.9 Å². The summed E-state index contributed by atoms with van der Waals surface area (Å²) < 4.78 is 5.36. The van der Waals surface area contributed by atoms with Crippen LogP contribution in [0.2, 0.25) is 0 Å². The summed E-state index contributed by atoms with van der Waals surface area (Å²) in [7, 11) is 1.67. The number of anilines is 1. The topological polar surface area (TPSA) is 100 Å². The molecule has 162 valence electrons. The summed E-state index contributed by atoms with van der Waals surface area (Å²) in [4.78, 5) is 28.5. The fraction of sp³-hybridized carbons (Fsp3) is 0.348. The number of carbonyl (C=O) groups is 1. The van der Waals surface area contributed by atoms with E-state index in [1.807, 2.05) is 17.0 Å². The normalized spacial score (nSPS) is 14.5. The Balaban J connectivity index is 1.31. The summed E-state index contributed by atoms with van der Waals surface area (Å²) in [5.74, 6) is 1.31. The van der Waals surface area contributed by atoms with Crippen molar-refractivity contribution in [1.82, 2.24) is 9.88 Å². The zero-order chi connectivity index (χ0) is 21.8. The molecule has 4 rings (SSSR count). The van der Waals surface area contributed by atoms with E-state index < -0.39 is 4.92 Å². The minimum Gasteiger partial charge on any atom is -0.497 e. The third-order valence-electron chi connectivity index (χ3n) is 5.96. The fourth-order valence-electron chi connectivity index (χ4n) is 4.27. The largest absolute Gasteiger partial charge is 0.497 e. The number of aromatic nitrogens is 1. The number of nitro groups is 1. The van der Waals surface area contributed by atoms with Crippen LogP contribution in [0.3, 0.4) is 0 Å². The van der Waals surface area contributed by atoms with E-state index in [-0.39, 0.29) is 11.6 Å². The number of benzene rings is 2. The van der Waals surface area contributed by atoms with E-state index in [2.05, 4.69) is 22.6 Å². The number of likely N-dealkylation sites (tertiary alicyclic amines) is 1. The highest BCUT2D eigenvalue weighted by molar-refractivity contribution is 5.85. The number of aromatic amines is 1. The average Bonchev–Trinajstić information content (AvgIpc) is 3.22. The van der Waals surface area contributed by atoms with Gasteiger partial charge in [0.25, 0.3) is 5.69 Å². The van der Waals surface area contributed by atoms with Crippen LogP contribution in [0, 0.1) is 10.1 Å². The van der Waals surface area contributed by atoms with Gasteiger partial charge >= 0.3 is 0 Å². The first kappa shape index (κ1) is 20.7. The molecule has 1 amide bonds. The number of nitrogens with one attached hydrogen (secondary N) is 2. The Morgan fingerprint density at radius 3 is 2.77 bits per heavy atom. The number of nitro benzene ring substituents is 1. The van der Waals surface area contributed by atoms with E-state index >= 15 is 0 Å². The van der Waals surface area contributed by atoms with Crippen LogP contribution in [0.4, 0.5) is 11.4 Å². The maximum atomic E-state index is 12.6. The molecule has 1 aliphatic rings. The molecule has 0 bridgehead atoms. The van der Waals surface area contributed by atoms with E-state index in [1.54, 1.807) is 25.3 Å². The molecule has 2 N–H and O–H groups in total. The van der Waals surface area contributed by atoms with Crippen molar-refractivity contribution in [1.29, 1.82) is 0 Å². The highest BCUT2D eigenvalue weighted by Crippen LogP contribution is 2.34. The molecule has 2 aromatic carbocycles. The maximum Gasteiger partial charge on any atom is 0.292 e. The van der Waals surface area contributed by atoms with Crippen molar-refractivity contribution in [3.8, 4) is 5.75 Å². The van der Waals surface area contributed by atoms with Gasteiger partial charge in [0.1, 0.15) is 11.4 Å². The SMILES string of the molecule is COc1ccc2[nH]cc(C3CCN(C(=O)CCNc4ccccc4[N+](=O)[O-])CC3)c2c1. The Labute approximate surface area is 180 Å². The van der Waals surface area contributed by atoms with Gasteiger partial charge in [-0.2, -0.15) is 0 Å². The fourth-order valence-corrected chi connectivity index (χ4v) is 4.27. The van der Waals surface area contributed by atoms with Gasteiger partial charge in [0.15, 0.2) is 0 Å². The Kier molecular flexibility index (Phi) is 6.06. The second-order valence-corrected chi connectivity index (χ2v) is 7.76. The monoisotopic (exact) mass is 422 g/mol. The van der Waals surface area contributed by atoms with Gasteiger partial charge in [-0.1, -0.05) is 12.1 Å². The van der Waals surface area contributed by atoms with Crippen molar-refractivity contribution in [3.63, 3.8) is 0 Å². The summed E-state index contributed by atoms with van der Waals surface area (Å²) in [6.07, 6.45) is 4.20. The molecule has 1 aromatic heterocycles. The van der Waals surface area contributed by atoms with Crippen molar-refractivity contribution in [3.05, 3.63) is 64.3 Å². The number of amides is 1. The van der Waals surface area contributed by atoms with Crippen LogP contribution in [0.25, 0.3) is 10.9 Å². The number of para-hydroxylation sites is 2. The third-order valence-corrected chi connectivity index (χ3v) is 5.96. The van der Waals surface area contributed by atoms with Crippen molar-refractivity contribution >= 4 is 28.2 Å². The molecule has 1 aliphatic heterocycles. The van der Waals surface area contributed by atoms with E-state index in [1.165, 1.54) is 17.0 Å². The number of H-pyrrole nitrogens is 1. The zero-order valence-electron chi connectivity index (χ0n) is 17.5. The first-order chi connectivity index (χ1) is 15.1. The molecule has 2 heterocycles. The molecule has 8 heteroatoms. The zero-order valence-corrected chi connectivity index (χ0v) is 17.5. The minimum absolute atomic E-state index is 0.0196. The predicted molar refractivity (Wildman–Crippen MR) is 120 cm³/mol. The summed E-state index contributed by atoms with van der Waals surface area (Å²) in [6, 6.07) is 12.5. The Hall–Kier alpha value is -3.55. The number of hydrogen-bond donors (Lipinski definition) is 2. The van der Waals surface area contributed by atoms with Gasteiger partial charge in [-0.25, -0.2) is 0 Å². The second-order valence-electron chi connectivity index (χ2n) is 7.76. The lowest BCUT2D eigenvalue weighted by Gasteiger charge is -2.32. The first-order valence-electron chi connectivity index (χ1n) is 10.5. The summed E-state index contributed by atoms with van der Waals surface area (Å²) >= 11 is 0. The van der Waals surface area contributed by atoms with Crippen molar-refractivity contribution < 1.29 is 14.5 Å². The van der Waals surface area contributed by atoms with Crippen LogP contribution in [0.15, 0.2) is 48.7 Å². The lowest BCUT2D eigenvalue weighted by Crippen LogP contribution is -2.38. The van der Waals surface area contributed by atoms with Crippen molar-refractivity contribution in [2.24, 2.45) is 0 Å². The van der Waals surface area contributed by atoms with Gasteiger partial charge < -0.3 is 19.9 Å². The van der Waals surface area contributed by atoms with Crippen LogP contribution in [-0.4, -0.2) is 47.5 Å². The molecule has 0 saturated carbocycles. The maximum absolute atomic E-state index is 12.6. The number of hydrogen-bond acceptors (Lipinski definition) is 5. The molecular weight excluding hydrogens is 396 g/mol. The highest BCUT2D eigenvalue weighted by Gasteiger charge is 2.25.